The van der Waals surface area contributed by atoms with Crippen molar-refractivity contribution in [2.75, 3.05) is 27.9 Å². The van der Waals surface area contributed by atoms with Crippen molar-refractivity contribution in [1.29, 1.82) is 0 Å². The lowest BCUT2D eigenvalue weighted by atomic mass is 9.99. The molecular weight excluding hydrogens is 254 g/mol. The Morgan fingerprint density at radius 3 is 2.70 bits per heavy atom. The largest absolute Gasteiger partial charge is 0.493 e. The summed E-state index contributed by atoms with van der Waals surface area (Å²) >= 11 is 0. The maximum atomic E-state index is 5.69. The molecule has 4 heteroatoms. The van der Waals surface area contributed by atoms with Crippen molar-refractivity contribution in [2.45, 2.75) is 37.8 Å². The molecule has 0 amide bonds. The molecule has 0 aliphatic carbocycles. The van der Waals surface area contributed by atoms with E-state index in [9.17, 15) is 0 Å². The number of ether oxygens (including phenoxy) is 3. The van der Waals surface area contributed by atoms with Crippen molar-refractivity contribution >= 4 is 0 Å². The molecule has 1 aliphatic rings. The van der Waals surface area contributed by atoms with Gasteiger partial charge in [0.15, 0.2) is 11.5 Å². The van der Waals surface area contributed by atoms with Crippen LogP contribution in [0.4, 0.5) is 0 Å². The standard InChI is InChI=1S/C16H25NO3/c1-17-14(8-7-13-5-4-10-20-13)12-6-9-15(18-2)16(11-12)19-3/h6,9,11,13-14,17H,4-5,7-8,10H2,1-3H3. The number of nitrogens with one attached hydrogen (secondary N) is 1. The maximum absolute atomic E-state index is 5.69. The Hall–Kier alpha value is -1.26. The van der Waals surface area contributed by atoms with Gasteiger partial charge in [0, 0.05) is 12.6 Å². The molecule has 2 rings (SSSR count). The molecule has 0 radical (unpaired) electrons. The van der Waals surface area contributed by atoms with Gasteiger partial charge in [0.05, 0.1) is 20.3 Å². The third kappa shape index (κ3) is 3.64. The third-order valence-electron chi connectivity index (χ3n) is 3.96. The first kappa shape index (κ1) is 15.1. The van der Waals surface area contributed by atoms with Crippen molar-refractivity contribution in [2.24, 2.45) is 0 Å². The first-order chi connectivity index (χ1) is 9.78. The summed E-state index contributed by atoms with van der Waals surface area (Å²) in [7, 11) is 5.32. The maximum Gasteiger partial charge on any atom is 0.161 e. The van der Waals surface area contributed by atoms with Crippen molar-refractivity contribution in [3.8, 4) is 11.5 Å². The average molecular weight is 279 g/mol. The molecule has 1 fully saturated rings. The summed E-state index contributed by atoms with van der Waals surface area (Å²) in [5, 5.41) is 3.38. The predicted octanol–water partition coefficient (Wildman–Crippen LogP) is 2.92. The Balaban J connectivity index is 2.02. The molecule has 2 atom stereocenters. The summed E-state index contributed by atoms with van der Waals surface area (Å²) in [6.45, 7) is 0.922. The minimum Gasteiger partial charge on any atom is -0.493 e. The van der Waals surface area contributed by atoms with E-state index in [-0.39, 0.29) is 0 Å². The van der Waals surface area contributed by atoms with Gasteiger partial charge in [0.1, 0.15) is 0 Å². The molecule has 2 unspecified atom stereocenters. The summed E-state index contributed by atoms with van der Waals surface area (Å²) in [6, 6.07) is 6.43. The van der Waals surface area contributed by atoms with Crippen molar-refractivity contribution in [3.05, 3.63) is 23.8 Å². The van der Waals surface area contributed by atoms with Gasteiger partial charge in [-0.3, -0.25) is 0 Å². The number of hydrogen-bond donors (Lipinski definition) is 1. The number of rotatable bonds is 7. The zero-order chi connectivity index (χ0) is 14.4. The van der Waals surface area contributed by atoms with Crippen LogP contribution in [0.2, 0.25) is 0 Å². The molecule has 0 aromatic heterocycles. The van der Waals surface area contributed by atoms with E-state index in [4.69, 9.17) is 14.2 Å². The highest BCUT2D eigenvalue weighted by Gasteiger charge is 2.19. The Bertz CT molecular complexity index is 416. The second-order valence-electron chi connectivity index (χ2n) is 5.17. The van der Waals surface area contributed by atoms with Gasteiger partial charge in [-0.2, -0.15) is 0 Å². The van der Waals surface area contributed by atoms with Gasteiger partial charge in [-0.15, -0.1) is 0 Å². The summed E-state index contributed by atoms with van der Waals surface area (Å²) in [4.78, 5) is 0. The van der Waals surface area contributed by atoms with E-state index in [1.165, 1.54) is 18.4 Å². The van der Waals surface area contributed by atoms with Gasteiger partial charge in [-0.05, 0) is 50.4 Å². The van der Waals surface area contributed by atoms with Gasteiger partial charge >= 0.3 is 0 Å². The minimum atomic E-state index is 0.319. The Labute approximate surface area is 121 Å². The van der Waals surface area contributed by atoms with E-state index in [1.807, 2.05) is 13.1 Å². The van der Waals surface area contributed by atoms with E-state index in [0.717, 1.165) is 30.9 Å². The second kappa shape index (κ2) is 7.50. The number of methoxy groups -OCH3 is 2. The number of benzene rings is 1. The van der Waals surface area contributed by atoms with Crippen LogP contribution in [-0.2, 0) is 4.74 Å². The lowest BCUT2D eigenvalue weighted by Crippen LogP contribution is -2.18. The van der Waals surface area contributed by atoms with E-state index < -0.39 is 0 Å². The predicted molar refractivity (Wildman–Crippen MR) is 79.6 cm³/mol. The Kier molecular flexibility index (Phi) is 5.68. The summed E-state index contributed by atoms with van der Waals surface area (Å²) < 4.78 is 16.3. The first-order valence-corrected chi connectivity index (χ1v) is 7.29. The van der Waals surface area contributed by atoms with Gasteiger partial charge in [-0.25, -0.2) is 0 Å². The molecule has 1 N–H and O–H groups in total. The highest BCUT2D eigenvalue weighted by Crippen LogP contribution is 2.32. The van der Waals surface area contributed by atoms with Crippen LogP contribution in [-0.4, -0.2) is 34.0 Å². The molecule has 1 aromatic carbocycles. The van der Waals surface area contributed by atoms with E-state index in [1.54, 1.807) is 14.2 Å². The molecule has 1 saturated heterocycles. The molecule has 1 heterocycles. The van der Waals surface area contributed by atoms with Crippen LogP contribution in [0, 0.1) is 0 Å². The SMILES string of the molecule is CNC(CCC1CCCO1)c1ccc(OC)c(OC)c1. The summed E-state index contributed by atoms with van der Waals surface area (Å²) in [5.74, 6) is 1.55. The average Bonchev–Trinajstić information content (AvgIpc) is 3.01. The monoisotopic (exact) mass is 279 g/mol. The molecule has 1 aromatic rings. The molecule has 20 heavy (non-hydrogen) atoms. The fraction of sp³-hybridized carbons (Fsp3) is 0.625. The normalized spacial score (nSPS) is 19.9. The minimum absolute atomic E-state index is 0.319. The summed E-state index contributed by atoms with van der Waals surface area (Å²) in [5.41, 5.74) is 1.23. The fourth-order valence-corrected chi connectivity index (χ4v) is 2.77. The van der Waals surface area contributed by atoms with Gasteiger partial charge in [0.25, 0.3) is 0 Å². The lowest BCUT2D eigenvalue weighted by Gasteiger charge is -2.20. The molecule has 0 saturated carbocycles. The van der Waals surface area contributed by atoms with Crippen molar-refractivity contribution < 1.29 is 14.2 Å². The van der Waals surface area contributed by atoms with Crippen LogP contribution in [0.25, 0.3) is 0 Å². The Morgan fingerprint density at radius 1 is 1.30 bits per heavy atom. The smallest absolute Gasteiger partial charge is 0.161 e. The topological polar surface area (TPSA) is 39.7 Å². The highest BCUT2D eigenvalue weighted by atomic mass is 16.5. The summed E-state index contributed by atoms with van der Waals surface area (Å²) in [6.07, 6.45) is 5.00. The molecule has 0 bridgehead atoms. The van der Waals surface area contributed by atoms with Crippen molar-refractivity contribution in [1.82, 2.24) is 5.32 Å². The van der Waals surface area contributed by atoms with Crippen LogP contribution < -0.4 is 14.8 Å². The van der Waals surface area contributed by atoms with Gasteiger partial charge in [0.2, 0.25) is 0 Å². The van der Waals surface area contributed by atoms with Crippen LogP contribution in [0.5, 0.6) is 11.5 Å². The second-order valence-corrected chi connectivity index (χ2v) is 5.17. The zero-order valence-corrected chi connectivity index (χ0v) is 12.6. The molecule has 0 spiro atoms. The van der Waals surface area contributed by atoms with Crippen LogP contribution in [0.15, 0.2) is 18.2 Å². The van der Waals surface area contributed by atoms with Crippen molar-refractivity contribution in [3.63, 3.8) is 0 Å². The van der Waals surface area contributed by atoms with E-state index in [2.05, 4.69) is 17.4 Å². The van der Waals surface area contributed by atoms with E-state index >= 15 is 0 Å². The van der Waals surface area contributed by atoms with Crippen LogP contribution >= 0.6 is 0 Å². The van der Waals surface area contributed by atoms with Crippen LogP contribution in [0.1, 0.15) is 37.3 Å². The molecule has 4 nitrogen and oxygen atoms in total. The van der Waals surface area contributed by atoms with Crippen LogP contribution in [0.3, 0.4) is 0 Å². The van der Waals surface area contributed by atoms with Gasteiger partial charge in [-0.1, -0.05) is 6.07 Å². The van der Waals surface area contributed by atoms with Gasteiger partial charge < -0.3 is 19.5 Å². The third-order valence-corrected chi connectivity index (χ3v) is 3.96. The zero-order valence-electron chi connectivity index (χ0n) is 12.6. The molecular formula is C16H25NO3. The lowest BCUT2D eigenvalue weighted by molar-refractivity contribution is 0.0998. The first-order valence-electron chi connectivity index (χ1n) is 7.29. The highest BCUT2D eigenvalue weighted by molar-refractivity contribution is 5.43. The fourth-order valence-electron chi connectivity index (χ4n) is 2.77. The quantitative estimate of drug-likeness (QED) is 0.833. The Morgan fingerprint density at radius 2 is 2.10 bits per heavy atom. The molecule has 112 valence electrons. The molecule has 1 aliphatic heterocycles. The van der Waals surface area contributed by atoms with E-state index in [0.29, 0.717) is 12.1 Å². The number of hydrogen-bond acceptors (Lipinski definition) is 4.